The maximum absolute atomic E-state index is 5.01. The molecule has 1 saturated heterocycles. The minimum absolute atomic E-state index is 0.0367. The molecule has 2 aromatic carbocycles. The van der Waals surface area contributed by atoms with E-state index in [1.54, 1.807) is 0 Å². The van der Waals surface area contributed by atoms with Gasteiger partial charge in [-0.15, -0.1) is 0 Å². The van der Waals surface area contributed by atoms with Crippen LogP contribution in [0.1, 0.15) is 45.4 Å². The van der Waals surface area contributed by atoms with E-state index in [1.807, 2.05) is 0 Å². The summed E-state index contributed by atoms with van der Waals surface area (Å²) in [5.74, 6) is 0. The Morgan fingerprint density at radius 2 is 1.75 bits per heavy atom. The molecule has 0 radical (unpaired) electrons. The molecule has 0 aliphatic carbocycles. The van der Waals surface area contributed by atoms with Gasteiger partial charge in [-0.1, -0.05) is 42.5 Å². The molecule has 0 saturated carbocycles. The second-order valence-electron chi connectivity index (χ2n) is 10.3. The second-order valence-corrected chi connectivity index (χ2v) is 10.3. The monoisotopic (exact) mass is 430 g/mol. The van der Waals surface area contributed by atoms with Crippen LogP contribution in [-0.2, 0) is 12.0 Å². The van der Waals surface area contributed by atoms with E-state index in [0.29, 0.717) is 6.04 Å². The zero-order valence-electron chi connectivity index (χ0n) is 20.4. The Bertz CT molecular complexity index is 1020. The van der Waals surface area contributed by atoms with E-state index < -0.39 is 0 Å². The molecule has 0 bridgehead atoms. The van der Waals surface area contributed by atoms with Gasteiger partial charge < -0.3 is 4.90 Å². The smallest absolute Gasteiger partial charge is 0.0691 e. The first-order chi connectivity index (χ1) is 15.3. The van der Waals surface area contributed by atoms with Gasteiger partial charge in [0, 0.05) is 31.4 Å². The number of benzene rings is 2. The molecule has 4 rings (SSSR count). The fraction of sp³-hybridized carbons (Fsp3) is 0.464. The van der Waals surface area contributed by atoms with Crippen molar-refractivity contribution in [2.24, 2.45) is 0 Å². The highest BCUT2D eigenvalue weighted by Gasteiger charge is 2.24. The number of anilines is 1. The van der Waals surface area contributed by atoms with Gasteiger partial charge in [0.25, 0.3) is 0 Å². The third kappa shape index (κ3) is 5.24. The van der Waals surface area contributed by atoms with E-state index >= 15 is 0 Å². The van der Waals surface area contributed by atoms with Crippen LogP contribution in [0.5, 0.6) is 0 Å². The first kappa shape index (κ1) is 22.6. The zero-order valence-corrected chi connectivity index (χ0v) is 20.4. The van der Waals surface area contributed by atoms with Crippen LogP contribution < -0.4 is 4.90 Å². The molecule has 4 nitrogen and oxygen atoms in total. The van der Waals surface area contributed by atoms with Gasteiger partial charge in [-0.2, -0.15) is 5.10 Å². The van der Waals surface area contributed by atoms with Crippen LogP contribution in [0.3, 0.4) is 0 Å². The number of rotatable bonds is 6. The molecule has 3 aromatic rings. The number of aromatic nitrogens is 2. The Labute approximate surface area is 193 Å². The molecule has 1 aliphatic rings. The quantitative estimate of drug-likeness (QED) is 0.497. The summed E-state index contributed by atoms with van der Waals surface area (Å²) in [5.41, 5.74) is 6.31. The summed E-state index contributed by atoms with van der Waals surface area (Å²) in [4.78, 5) is 5.18. The van der Waals surface area contributed by atoms with Gasteiger partial charge >= 0.3 is 0 Å². The summed E-state index contributed by atoms with van der Waals surface area (Å²) >= 11 is 0. The zero-order chi connectivity index (χ0) is 22.7. The topological polar surface area (TPSA) is 24.3 Å². The van der Waals surface area contributed by atoms with Crippen molar-refractivity contribution in [1.82, 2.24) is 14.7 Å². The molecule has 4 heteroatoms. The molecule has 0 spiro atoms. The minimum atomic E-state index is -0.0367. The summed E-state index contributed by atoms with van der Waals surface area (Å²) in [6, 6.07) is 22.4. The Morgan fingerprint density at radius 1 is 0.969 bits per heavy atom. The summed E-state index contributed by atoms with van der Waals surface area (Å²) < 4.78 is 2.19. The molecule has 1 aliphatic heterocycles. The Kier molecular flexibility index (Phi) is 6.71. The maximum Gasteiger partial charge on any atom is 0.0691 e. The lowest BCUT2D eigenvalue weighted by atomic mass is 10.1. The molecule has 1 atom stereocenters. The molecule has 0 N–H and O–H groups in total. The molecule has 1 fully saturated rings. The lowest BCUT2D eigenvalue weighted by Crippen LogP contribution is -2.52. The molecule has 170 valence electrons. The highest BCUT2D eigenvalue weighted by atomic mass is 15.3. The number of nitrogens with zero attached hydrogens (tertiary/aromatic N) is 4. The van der Waals surface area contributed by atoms with Gasteiger partial charge in [-0.25, -0.2) is 0 Å². The predicted octanol–water partition coefficient (Wildman–Crippen LogP) is 5.76. The molecule has 32 heavy (non-hydrogen) atoms. The van der Waals surface area contributed by atoms with Gasteiger partial charge in [-0.3, -0.25) is 9.58 Å². The molecule has 1 unspecified atom stereocenters. The van der Waals surface area contributed by atoms with Gasteiger partial charge in [0.2, 0.25) is 0 Å². The van der Waals surface area contributed by atoms with Crippen molar-refractivity contribution in [2.45, 2.75) is 59.0 Å². The second kappa shape index (κ2) is 9.50. The van der Waals surface area contributed by atoms with E-state index in [4.69, 9.17) is 5.10 Å². The lowest BCUT2D eigenvalue weighted by molar-refractivity contribution is 0.226. The van der Waals surface area contributed by atoms with E-state index in [0.717, 1.165) is 39.0 Å². The SMILES string of the molecule is Cc1cccc(N2CCN(CCCc3cc(-c4ccccc4)n(C(C)(C)C)n3)CC2C)c1. The van der Waals surface area contributed by atoms with E-state index in [9.17, 15) is 0 Å². The maximum atomic E-state index is 5.01. The van der Waals surface area contributed by atoms with Crippen molar-refractivity contribution in [3.05, 3.63) is 71.9 Å². The summed E-state index contributed by atoms with van der Waals surface area (Å²) in [6.45, 7) is 15.7. The van der Waals surface area contributed by atoms with Crippen molar-refractivity contribution < 1.29 is 0 Å². The third-order valence-electron chi connectivity index (χ3n) is 6.42. The molecule has 1 aromatic heterocycles. The van der Waals surface area contributed by atoms with Crippen molar-refractivity contribution in [3.63, 3.8) is 0 Å². The van der Waals surface area contributed by atoms with Crippen LogP contribution in [0.4, 0.5) is 5.69 Å². The number of aryl methyl sites for hydroxylation is 2. The van der Waals surface area contributed by atoms with Gasteiger partial charge in [0.05, 0.1) is 16.9 Å². The average Bonchev–Trinajstić information content (AvgIpc) is 3.19. The van der Waals surface area contributed by atoms with Crippen LogP contribution in [0, 0.1) is 6.92 Å². The van der Waals surface area contributed by atoms with Crippen molar-refractivity contribution in [2.75, 3.05) is 31.1 Å². The van der Waals surface area contributed by atoms with Crippen LogP contribution >= 0.6 is 0 Å². The van der Waals surface area contributed by atoms with Crippen molar-refractivity contribution >= 4 is 5.69 Å². The third-order valence-corrected chi connectivity index (χ3v) is 6.42. The minimum Gasteiger partial charge on any atom is -0.366 e. The van der Waals surface area contributed by atoms with Crippen molar-refractivity contribution in [1.29, 1.82) is 0 Å². The van der Waals surface area contributed by atoms with E-state index in [1.165, 1.54) is 28.2 Å². The molecular formula is C28H38N4. The lowest BCUT2D eigenvalue weighted by Gasteiger charge is -2.41. The Balaban J connectivity index is 1.35. The highest BCUT2D eigenvalue weighted by molar-refractivity contribution is 5.60. The molecule has 0 amide bonds. The highest BCUT2D eigenvalue weighted by Crippen LogP contribution is 2.27. The number of piperazine rings is 1. The summed E-state index contributed by atoms with van der Waals surface area (Å²) in [7, 11) is 0. The molecular weight excluding hydrogens is 392 g/mol. The Hall–Kier alpha value is -2.59. The average molecular weight is 431 g/mol. The normalized spacial score (nSPS) is 17.7. The van der Waals surface area contributed by atoms with Crippen LogP contribution in [0.15, 0.2) is 60.7 Å². The van der Waals surface area contributed by atoms with Crippen LogP contribution in [-0.4, -0.2) is 46.9 Å². The standard InChI is InChI=1S/C28H38N4/c1-22-11-9-15-26(19-22)31-18-17-30(21-23(31)2)16-10-14-25-20-27(24-12-7-6-8-13-24)32(29-25)28(3,4)5/h6-9,11-13,15,19-20,23H,10,14,16-18,21H2,1-5H3. The van der Waals surface area contributed by atoms with Gasteiger partial charge in [0.15, 0.2) is 0 Å². The largest absolute Gasteiger partial charge is 0.366 e. The fourth-order valence-electron chi connectivity index (χ4n) is 4.79. The van der Waals surface area contributed by atoms with Gasteiger partial charge in [-0.05, 0) is 83.3 Å². The van der Waals surface area contributed by atoms with Crippen LogP contribution in [0.2, 0.25) is 0 Å². The Morgan fingerprint density at radius 3 is 2.44 bits per heavy atom. The van der Waals surface area contributed by atoms with E-state index in [2.05, 4.69) is 110 Å². The van der Waals surface area contributed by atoms with Gasteiger partial charge in [0.1, 0.15) is 0 Å². The first-order valence-electron chi connectivity index (χ1n) is 12.0. The number of hydrogen-bond donors (Lipinski definition) is 0. The summed E-state index contributed by atoms with van der Waals surface area (Å²) in [6.07, 6.45) is 2.17. The van der Waals surface area contributed by atoms with Crippen LogP contribution in [0.25, 0.3) is 11.3 Å². The first-order valence-corrected chi connectivity index (χ1v) is 12.0. The fourth-order valence-corrected chi connectivity index (χ4v) is 4.79. The van der Waals surface area contributed by atoms with Crippen molar-refractivity contribution in [3.8, 4) is 11.3 Å². The predicted molar refractivity (Wildman–Crippen MR) is 135 cm³/mol. The van der Waals surface area contributed by atoms with E-state index in [-0.39, 0.29) is 5.54 Å². The number of hydrogen-bond acceptors (Lipinski definition) is 3. The summed E-state index contributed by atoms with van der Waals surface area (Å²) in [5, 5.41) is 5.01. The molecule has 2 heterocycles.